The molecule has 1 aliphatic rings. The van der Waals surface area contributed by atoms with Crippen LogP contribution >= 0.6 is 0 Å². The number of phenols is 1. The first kappa shape index (κ1) is 13.2. The van der Waals surface area contributed by atoms with E-state index in [-0.39, 0.29) is 5.75 Å². The van der Waals surface area contributed by atoms with Crippen LogP contribution in [-0.4, -0.2) is 30.2 Å². The first-order valence-electron chi connectivity index (χ1n) is 6.77. The Labute approximate surface area is 109 Å². The van der Waals surface area contributed by atoms with Crippen LogP contribution in [0.1, 0.15) is 31.7 Å². The van der Waals surface area contributed by atoms with Crippen molar-refractivity contribution in [3.8, 4) is 11.5 Å². The summed E-state index contributed by atoms with van der Waals surface area (Å²) in [5, 5.41) is 9.77. The SMILES string of the molecule is COc1ccc(CN2CCCC(C)CC2)cc1O. The number of phenolic OH excluding ortho intramolecular Hbond substituents is 1. The summed E-state index contributed by atoms with van der Waals surface area (Å²) in [4.78, 5) is 2.48. The zero-order valence-corrected chi connectivity index (χ0v) is 11.4. The van der Waals surface area contributed by atoms with Gasteiger partial charge in [0.2, 0.25) is 0 Å². The maximum absolute atomic E-state index is 9.77. The first-order chi connectivity index (χ1) is 8.69. The van der Waals surface area contributed by atoms with E-state index in [9.17, 15) is 5.11 Å². The number of hydrogen-bond acceptors (Lipinski definition) is 3. The van der Waals surface area contributed by atoms with Crippen LogP contribution in [0.15, 0.2) is 18.2 Å². The largest absolute Gasteiger partial charge is 0.504 e. The highest BCUT2D eigenvalue weighted by atomic mass is 16.5. The molecular weight excluding hydrogens is 226 g/mol. The minimum absolute atomic E-state index is 0.234. The molecule has 3 heteroatoms. The van der Waals surface area contributed by atoms with Gasteiger partial charge in [0, 0.05) is 6.54 Å². The van der Waals surface area contributed by atoms with Crippen LogP contribution in [0.3, 0.4) is 0 Å². The zero-order chi connectivity index (χ0) is 13.0. The van der Waals surface area contributed by atoms with Crippen LogP contribution < -0.4 is 4.74 Å². The lowest BCUT2D eigenvalue weighted by molar-refractivity contribution is 0.273. The molecule has 0 amide bonds. The predicted molar refractivity (Wildman–Crippen MR) is 73.0 cm³/mol. The molecule has 1 fully saturated rings. The van der Waals surface area contributed by atoms with Crippen molar-refractivity contribution < 1.29 is 9.84 Å². The molecule has 0 aliphatic carbocycles. The number of methoxy groups -OCH3 is 1. The smallest absolute Gasteiger partial charge is 0.160 e. The molecule has 1 aromatic carbocycles. The van der Waals surface area contributed by atoms with Crippen LogP contribution in [0.4, 0.5) is 0 Å². The van der Waals surface area contributed by atoms with E-state index in [0.29, 0.717) is 5.75 Å². The van der Waals surface area contributed by atoms with Gasteiger partial charge in [-0.05, 0) is 56.0 Å². The van der Waals surface area contributed by atoms with Crippen LogP contribution in [0.25, 0.3) is 0 Å². The fourth-order valence-electron chi connectivity index (χ4n) is 2.57. The van der Waals surface area contributed by atoms with Gasteiger partial charge in [0.05, 0.1) is 7.11 Å². The Morgan fingerprint density at radius 3 is 2.89 bits per heavy atom. The standard InChI is InChI=1S/C15H23NO2/c1-12-4-3-8-16(9-7-12)11-13-5-6-15(18-2)14(17)10-13/h5-6,10,12,17H,3-4,7-9,11H2,1-2H3. The quantitative estimate of drug-likeness (QED) is 0.893. The average molecular weight is 249 g/mol. The number of hydrogen-bond donors (Lipinski definition) is 1. The Morgan fingerprint density at radius 2 is 2.17 bits per heavy atom. The lowest BCUT2D eigenvalue weighted by atomic mass is 10.0. The van der Waals surface area contributed by atoms with Crippen molar-refractivity contribution in [3.63, 3.8) is 0 Å². The van der Waals surface area contributed by atoms with Crippen LogP contribution in [0.2, 0.25) is 0 Å². The van der Waals surface area contributed by atoms with Gasteiger partial charge in [-0.25, -0.2) is 0 Å². The van der Waals surface area contributed by atoms with E-state index in [2.05, 4.69) is 11.8 Å². The molecule has 18 heavy (non-hydrogen) atoms. The Kier molecular flexibility index (Phi) is 4.48. The molecule has 1 atom stereocenters. The summed E-state index contributed by atoms with van der Waals surface area (Å²) in [5.41, 5.74) is 1.16. The highest BCUT2D eigenvalue weighted by Gasteiger charge is 2.14. The number of nitrogens with zero attached hydrogens (tertiary/aromatic N) is 1. The second-order valence-electron chi connectivity index (χ2n) is 5.32. The lowest BCUT2D eigenvalue weighted by Crippen LogP contribution is -2.24. The van der Waals surface area contributed by atoms with Gasteiger partial charge in [0.1, 0.15) is 0 Å². The van der Waals surface area contributed by atoms with Crippen molar-refractivity contribution >= 4 is 0 Å². The maximum Gasteiger partial charge on any atom is 0.160 e. The first-order valence-corrected chi connectivity index (χ1v) is 6.77. The molecule has 0 radical (unpaired) electrons. The molecule has 1 aromatic rings. The molecule has 3 nitrogen and oxygen atoms in total. The van der Waals surface area contributed by atoms with Gasteiger partial charge >= 0.3 is 0 Å². The highest BCUT2D eigenvalue weighted by molar-refractivity contribution is 5.41. The van der Waals surface area contributed by atoms with Crippen molar-refractivity contribution in [2.24, 2.45) is 5.92 Å². The Hall–Kier alpha value is -1.22. The van der Waals surface area contributed by atoms with Crippen molar-refractivity contribution in [2.75, 3.05) is 20.2 Å². The normalized spacial score (nSPS) is 21.6. The Bertz CT molecular complexity index is 392. The molecule has 1 heterocycles. The summed E-state index contributed by atoms with van der Waals surface area (Å²) in [6.45, 7) is 5.58. The number of ether oxygens (including phenoxy) is 1. The van der Waals surface area contributed by atoms with Gasteiger partial charge in [-0.15, -0.1) is 0 Å². The molecule has 1 aliphatic heterocycles. The van der Waals surface area contributed by atoms with E-state index in [1.807, 2.05) is 18.2 Å². The lowest BCUT2D eigenvalue weighted by Gasteiger charge is -2.20. The molecule has 0 aromatic heterocycles. The molecule has 2 rings (SSSR count). The van der Waals surface area contributed by atoms with E-state index in [0.717, 1.165) is 31.1 Å². The third-order valence-corrected chi connectivity index (χ3v) is 3.76. The topological polar surface area (TPSA) is 32.7 Å². The third kappa shape index (κ3) is 3.39. The van der Waals surface area contributed by atoms with Gasteiger partial charge in [0.25, 0.3) is 0 Å². The Balaban J connectivity index is 1.98. The van der Waals surface area contributed by atoms with Crippen LogP contribution in [-0.2, 0) is 6.54 Å². The monoisotopic (exact) mass is 249 g/mol. The van der Waals surface area contributed by atoms with Gasteiger partial charge < -0.3 is 9.84 Å². The molecule has 0 saturated carbocycles. The molecule has 100 valence electrons. The third-order valence-electron chi connectivity index (χ3n) is 3.76. The molecule has 0 spiro atoms. The summed E-state index contributed by atoms with van der Waals surface area (Å²) < 4.78 is 5.06. The molecular formula is C15H23NO2. The Morgan fingerprint density at radius 1 is 1.33 bits per heavy atom. The van der Waals surface area contributed by atoms with Gasteiger partial charge in [-0.3, -0.25) is 4.90 Å². The predicted octanol–water partition coefficient (Wildman–Crippen LogP) is 3.02. The second kappa shape index (κ2) is 6.10. The number of benzene rings is 1. The van der Waals surface area contributed by atoms with Crippen LogP contribution in [0.5, 0.6) is 11.5 Å². The summed E-state index contributed by atoms with van der Waals surface area (Å²) in [7, 11) is 1.57. The van der Waals surface area contributed by atoms with E-state index < -0.39 is 0 Å². The van der Waals surface area contributed by atoms with Crippen molar-refractivity contribution in [1.82, 2.24) is 4.90 Å². The second-order valence-corrected chi connectivity index (χ2v) is 5.32. The fourth-order valence-corrected chi connectivity index (χ4v) is 2.57. The zero-order valence-electron chi connectivity index (χ0n) is 11.4. The summed E-state index contributed by atoms with van der Waals surface area (Å²) in [6, 6.07) is 5.69. The summed E-state index contributed by atoms with van der Waals surface area (Å²) >= 11 is 0. The van der Waals surface area contributed by atoms with E-state index in [1.54, 1.807) is 7.11 Å². The minimum atomic E-state index is 0.234. The molecule has 1 N–H and O–H groups in total. The van der Waals surface area contributed by atoms with Crippen molar-refractivity contribution in [1.29, 1.82) is 0 Å². The average Bonchev–Trinajstić information content (AvgIpc) is 2.55. The summed E-state index contributed by atoms with van der Waals surface area (Å²) in [5.74, 6) is 1.63. The van der Waals surface area contributed by atoms with Crippen LogP contribution in [0, 0.1) is 5.92 Å². The number of rotatable bonds is 3. The number of aromatic hydroxyl groups is 1. The minimum Gasteiger partial charge on any atom is -0.504 e. The fraction of sp³-hybridized carbons (Fsp3) is 0.600. The summed E-state index contributed by atoms with van der Waals surface area (Å²) in [6.07, 6.45) is 3.90. The van der Waals surface area contributed by atoms with E-state index >= 15 is 0 Å². The maximum atomic E-state index is 9.77. The molecule has 1 unspecified atom stereocenters. The van der Waals surface area contributed by atoms with Gasteiger partial charge in [-0.1, -0.05) is 13.0 Å². The number of likely N-dealkylation sites (tertiary alicyclic amines) is 1. The van der Waals surface area contributed by atoms with Crippen molar-refractivity contribution in [2.45, 2.75) is 32.7 Å². The van der Waals surface area contributed by atoms with E-state index in [1.165, 1.54) is 19.3 Å². The van der Waals surface area contributed by atoms with Gasteiger partial charge in [0.15, 0.2) is 11.5 Å². The highest BCUT2D eigenvalue weighted by Crippen LogP contribution is 2.27. The molecule has 1 saturated heterocycles. The van der Waals surface area contributed by atoms with E-state index in [4.69, 9.17) is 4.74 Å². The van der Waals surface area contributed by atoms with Crippen molar-refractivity contribution in [3.05, 3.63) is 23.8 Å². The van der Waals surface area contributed by atoms with Gasteiger partial charge in [-0.2, -0.15) is 0 Å². The molecule has 0 bridgehead atoms.